The first kappa shape index (κ1) is 32.3. The summed E-state index contributed by atoms with van der Waals surface area (Å²) in [6.07, 6.45) is -4.73. The molecule has 2 aromatic carbocycles. The topological polar surface area (TPSA) is 110 Å². The predicted molar refractivity (Wildman–Crippen MR) is 156 cm³/mol. The lowest BCUT2D eigenvalue weighted by molar-refractivity contribution is -0.142. The van der Waals surface area contributed by atoms with Gasteiger partial charge in [0.1, 0.15) is 18.1 Å². The van der Waals surface area contributed by atoms with Crippen LogP contribution in [0.2, 0.25) is 10.0 Å². The summed E-state index contributed by atoms with van der Waals surface area (Å²) in [6.45, 7) is 3.70. The van der Waals surface area contributed by atoms with Crippen molar-refractivity contribution < 1.29 is 32.3 Å². The quantitative estimate of drug-likeness (QED) is 0.157. The van der Waals surface area contributed by atoms with Crippen LogP contribution in [0.4, 0.5) is 13.2 Å². The Bertz CT molecular complexity index is 1540. The van der Waals surface area contributed by atoms with Crippen LogP contribution in [0.15, 0.2) is 59.1 Å². The van der Waals surface area contributed by atoms with Crippen LogP contribution in [-0.4, -0.2) is 34.3 Å². The molecule has 2 heterocycles. The summed E-state index contributed by atoms with van der Waals surface area (Å²) in [4.78, 5) is 15.7. The predicted octanol–water partition coefficient (Wildman–Crippen LogP) is 6.78. The molecule has 3 N–H and O–H groups in total. The number of nitrogens with one attached hydrogen (secondary N) is 2. The molecular formula is C30H29Cl2F3N4O4. The van der Waals surface area contributed by atoms with Gasteiger partial charge < -0.3 is 25.0 Å². The first-order chi connectivity index (χ1) is 20.5. The largest absolute Gasteiger partial charge is 0.473 e. The molecule has 0 radical (unpaired) electrons. The summed E-state index contributed by atoms with van der Waals surface area (Å²) in [5.41, 5.74) is 1.32. The van der Waals surface area contributed by atoms with E-state index in [4.69, 9.17) is 37.6 Å². The highest BCUT2D eigenvalue weighted by Gasteiger charge is 2.36. The van der Waals surface area contributed by atoms with Crippen LogP contribution < -0.4 is 15.4 Å². The molecule has 228 valence electrons. The average molecular weight is 637 g/mol. The molecule has 0 aliphatic rings. The molecule has 0 saturated heterocycles. The minimum absolute atomic E-state index is 0.0590. The lowest BCUT2D eigenvalue weighted by atomic mass is 10.0. The molecule has 0 saturated carbocycles. The molecule has 0 fully saturated rings. The lowest BCUT2D eigenvalue weighted by Gasteiger charge is -2.15. The maximum atomic E-state index is 14.0. The highest BCUT2D eigenvalue weighted by atomic mass is 35.5. The van der Waals surface area contributed by atoms with E-state index in [-0.39, 0.29) is 56.1 Å². The number of hydrogen-bond donors (Lipinski definition) is 3. The smallest absolute Gasteiger partial charge is 0.433 e. The number of rotatable bonds is 12. The van der Waals surface area contributed by atoms with E-state index >= 15 is 0 Å². The maximum Gasteiger partial charge on any atom is 0.433 e. The number of amides is 1. The minimum Gasteiger partial charge on any atom is -0.473 e. The summed E-state index contributed by atoms with van der Waals surface area (Å²) in [5.74, 6) is -0.169. The minimum atomic E-state index is -4.73. The fraction of sp³-hybridized carbons (Fsp3) is 0.300. The number of nitrogens with zero attached hydrogens (tertiary/aromatic N) is 2. The van der Waals surface area contributed by atoms with Gasteiger partial charge in [-0.2, -0.15) is 13.2 Å². The van der Waals surface area contributed by atoms with Gasteiger partial charge in [-0.05, 0) is 35.4 Å². The van der Waals surface area contributed by atoms with Crippen molar-refractivity contribution in [1.29, 1.82) is 0 Å². The second-order valence-electron chi connectivity index (χ2n) is 9.85. The molecule has 0 atom stereocenters. The van der Waals surface area contributed by atoms with Gasteiger partial charge >= 0.3 is 6.18 Å². The summed E-state index contributed by atoms with van der Waals surface area (Å²) >= 11 is 12.7. The van der Waals surface area contributed by atoms with E-state index in [0.717, 1.165) is 5.56 Å². The summed E-state index contributed by atoms with van der Waals surface area (Å²) in [6, 6.07) is 14.3. The second-order valence-corrected chi connectivity index (χ2v) is 10.7. The molecule has 0 bridgehead atoms. The number of pyridine rings is 1. The third kappa shape index (κ3) is 8.05. The van der Waals surface area contributed by atoms with Crippen LogP contribution in [0.1, 0.15) is 58.3 Å². The monoisotopic (exact) mass is 636 g/mol. The summed E-state index contributed by atoms with van der Waals surface area (Å²) < 4.78 is 53.2. The van der Waals surface area contributed by atoms with Gasteiger partial charge in [0, 0.05) is 42.7 Å². The number of halogens is 5. The first-order valence-electron chi connectivity index (χ1n) is 13.3. The molecule has 13 heteroatoms. The Morgan fingerprint density at radius 2 is 1.74 bits per heavy atom. The molecule has 1 amide bonds. The van der Waals surface area contributed by atoms with E-state index in [1.165, 1.54) is 12.1 Å². The van der Waals surface area contributed by atoms with Crippen LogP contribution in [-0.2, 0) is 25.9 Å². The fourth-order valence-electron chi connectivity index (χ4n) is 4.31. The highest BCUT2D eigenvalue weighted by Crippen LogP contribution is 2.39. The molecule has 2 aromatic heterocycles. The van der Waals surface area contributed by atoms with Gasteiger partial charge in [0.2, 0.25) is 5.88 Å². The zero-order valence-electron chi connectivity index (χ0n) is 23.3. The summed E-state index contributed by atoms with van der Waals surface area (Å²) in [7, 11) is 0. The number of ether oxygens (including phenoxy) is 1. The third-order valence-corrected chi connectivity index (χ3v) is 7.02. The second kappa shape index (κ2) is 14.2. The number of carbonyl (C=O) groups excluding carboxylic acids is 1. The summed E-state index contributed by atoms with van der Waals surface area (Å²) in [5, 5.41) is 19.2. The Balaban J connectivity index is 1.48. The number of aliphatic hydroxyl groups is 1. The van der Waals surface area contributed by atoms with E-state index in [1.54, 1.807) is 42.5 Å². The van der Waals surface area contributed by atoms with Gasteiger partial charge in [-0.15, -0.1) is 0 Å². The Hall–Kier alpha value is -3.64. The molecule has 43 heavy (non-hydrogen) atoms. The number of hydrogen-bond acceptors (Lipinski definition) is 7. The SMILES string of the molecule is CC(C)c1onc(-c2c(Cl)cccc2Cl)c1COc1ccc(CNCc2ccc(C(=O)NCCO)cc2)c(C(F)(F)F)n1. The van der Waals surface area contributed by atoms with Crippen molar-refractivity contribution in [3.8, 4) is 17.1 Å². The van der Waals surface area contributed by atoms with Gasteiger partial charge in [0.05, 0.1) is 22.2 Å². The third-order valence-electron chi connectivity index (χ3n) is 6.39. The zero-order valence-corrected chi connectivity index (χ0v) is 24.8. The molecule has 0 spiro atoms. The molecule has 0 unspecified atom stereocenters. The molecule has 4 aromatic rings. The molecular weight excluding hydrogens is 608 g/mol. The van der Waals surface area contributed by atoms with Gasteiger partial charge in [0.15, 0.2) is 5.69 Å². The maximum absolute atomic E-state index is 14.0. The Morgan fingerprint density at radius 1 is 1.05 bits per heavy atom. The fourth-order valence-corrected chi connectivity index (χ4v) is 4.88. The van der Waals surface area contributed by atoms with E-state index in [9.17, 15) is 18.0 Å². The molecule has 4 rings (SSSR count). The van der Waals surface area contributed by atoms with Crippen molar-refractivity contribution in [3.05, 3.63) is 98.4 Å². The van der Waals surface area contributed by atoms with Crippen LogP contribution in [0.3, 0.4) is 0 Å². The molecule has 8 nitrogen and oxygen atoms in total. The van der Waals surface area contributed by atoms with Gasteiger partial charge in [-0.25, -0.2) is 4.98 Å². The van der Waals surface area contributed by atoms with Crippen LogP contribution in [0.25, 0.3) is 11.3 Å². The number of aromatic nitrogens is 2. The first-order valence-corrected chi connectivity index (χ1v) is 14.1. The number of benzene rings is 2. The van der Waals surface area contributed by atoms with Crippen LogP contribution >= 0.6 is 23.2 Å². The standard InChI is InChI=1S/C30H29Cl2F3N4O4/c1-17(2)27-21(26(39-43-27)25-22(31)4-3-5-23(25)32)16-42-24-11-10-20(28(38-24)30(33,34)35)15-36-14-18-6-8-19(9-7-18)29(41)37-12-13-40/h3-11,17,36,40H,12-16H2,1-2H3,(H,37,41). The van der Waals surface area contributed by atoms with E-state index in [0.29, 0.717) is 38.2 Å². The van der Waals surface area contributed by atoms with E-state index in [1.807, 2.05) is 13.8 Å². The molecule has 0 aliphatic carbocycles. The number of alkyl halides is 3. The average Bonchev–Trinajstić information content (AvgIpc) is 3.38. The van der Waals surface area contributed by atoms with Crippen molar-refractivity contribution >= 4 is 29.1 Å². The molecule has 0 aliphatic heterocycles. The van der Waals surface area contributed by atoms with Crippen LogP contribution in [0, 0.1) is 0 Å². The Morgan fingerprint density at radius 3 is 2.37 bits per heavy atom. The zero-order chi connectivity index (χ0) is 31.1. The van der Waals surface area contributed by atoms with Gasteiger partial charge in [-0.1, -0.05) is 66.5 Å². The van der Waals surface area contributed by atoms with Gasteiger partial charge in [-0.3, -0.25) is 4.79 Å². The normalized spacial score (nSPS) is 11.7. The van der Waals surface area contributed by atoms with Crippen LogP contribution in [0.5, 0.6) is 5.88 Å². The van der Waals surface area contributed by atoms with E-state index < -0.39 is 11.9 Å². The van der Waals surface area contributed by atoms with Crippen molar-refractivity contribution in [2.24, 2.45) is 0 Å². The van der Waals surface area contributed by atoms with E-state index in [2.05, 4.69) is 20.8 Å². The van der Waals surface area contributed by atoms with Crippen molar-refractivity contribution in [2.75, 3.05) is 13.2 Å². The highest BCUT2D eigenvalue weighted by molar-refractivity contribution is 6.39. The van der Waals surface area contributed by atoms with Crippen molar-refractivity contribution in [3.63, 3.8) is 0 Å². The van der Waals surface area contributed by atoms with Crippen molar-refractivity contribution in [2.45, 2.75) is 45.6 Å². The number of carbonyl (C=O) groups is 1. The Kier molecular flexibility index (Phi) is 10.7. The lowest BCUT2D eigenvalue weighted by Crippen LogP contribution is -2.26. The van der Waals surface area contributed by atoms with Crippen molar-refractivity contribution in [1.82, 2.24) is 20.8 Å². The Labute approximate surface area is 256 Å². The number of aliphatic hydroxyl groups excluding tert-OH is 1. The van der Waals surface area contributed by atoms with Gasteiger partial charge in [0.25, 0.3) is 5.91 Å².